The van der Waals surface area contributed by atoms with E-state index < -0.39 is 65.5 Å². The van der Waals surface area contributed by atoms with Gasteiger partial charge in [-0.3, -0.25) is 14.3 Å². The summed E-state index contributed by atoms with van der Waals surface area (Å²) in [6, 6.07) is 7.89. The van der Waals surface area contributed by atoms with Crippen molar-refractivity contribution in [3.8, 4) is 5.75 Å². The van der Waals surface area contributed by atoms with E-state index in [0.717, 1.165) is 25.4 Å². The lowest BCUT2D eigenvalue weighted by atomic mass is 9.80. The maximum absolute atomic E-state index is 14.4. The molecule has 9 nitrogen and oxygen atoms in total. The van der Waals surface area contributed by atoms with Crippen LogP contribution in [0.15, 0.2) is 53.5 Å². The Hall–Kier alpha value is -4.35. The minimum Gasteiger partial charge on any atom is -0.451 e. The van der Waals surface area contributed by atoms with Crippen LogP contribution in [0, 0.1) is 17.5 Å². The summed E-state index contributed by atoms with van der Waals surface area (Å²) in [4.78, 5) is 39.2. The van der Waals surface area contributed by atoms with Crippen LogP contribution in [0.3, 0.4) is 0 Å². The van der Waals surface area contributed by atoms with Crippen molar-refractivity contribution in [2.24, 2.45) is 0 Å². The number of carbonyl (C=O) groups is 2. The smallest absolute Gasteiger partial charge is 0.451 e. The monoisotopic (exact) mass is 529 g/mol. The number of aromatic nitrogens is 2. The number of rotatable bonds is 6. The number of nitrogens with zero attached hydrogens (tertiary/aromatic N) is 3. The fourth-order valence-electron chi connectivity index (χ4n) is 5.26. The normalized spacial score (nSPS) is 18.9. The summed E-state index contributed by atoms with van der Waals surface area (Å²) in [6.07, 6.45) is 1.10. The zero-order valence-corrected chi connectivity index (χ0v) is 20.1. The molecule has 0 saturated carbocycles. The minimum absolute atomic E-state index is 0.196. The quantitative estimate of drug-likeness (QED) is 0.354. The first kappa shape index (κ1) is 25.3. The lowest BCUT2D eigenvalue weighted by molar-refractivity contribution is 0.0126. The van der Waals surface area contributed by atoms with Gasteiger partial charge in [-0.2, -0.15) is 5.10 Å². The lowest BCUT2D eigenvalue weighted by Crippen LogP contribution is -2.51. The molecule has 2 aliphatic rings. The van der Waals surface area contributed by atoms with Gasteiger partial charge in [-0.1, -0.05) is 18.2 Å². The van der Waals surface area contributed by atoms with Gasteiger partial charge >= 0.3 is 6.16 Å². The van der Waals surface area contributed by atoms with Gasteiger partial charge in [0, 0.05) is 12.5 Å². The van der Waals surface area contributed by atoms with Crippen molar-refractivity contribution < 1.29 is 37.0 Å². The van der Waals surface area contributed by atoms with Crippen LogP contribution in [0.1, 0.15) is 46.4 Å². The van der Waals surface area contributed by atoms with Gasteiger partial charge in [-0.05, 0) is 48.2 Å². The van der Waals surface area contributed by atoms with Gasteiger partial charge in [0.25, 0.3) is 5.91 Å². The molecule has 2 aromatic carbocycles. The number of fused-ring (bicyclic) bond motifs is 2. The molecule has 1 amide bonds. The summed E-state index contributed by atoms with van der Waals surface area (Å²) in [7, 11) is 1.10. The van der Waals surface area contributed by atoms with E-state index in [1.807, 2.05) is 0 Å². The number of benzene rings is 2. The third-order valence-electron chi connectivity index (χ3n) is 6.81. The highest BCUT2D eigenvalue weighted by molar-refractivity contribution is 5.96. The summed E-state index contributed by atoms with van der Waals surface area (Å²) >= 11 is 0. The molecule has 1 fully saturated rings. The molecular weight excluding hydrogens is 507 g/mol. The van der Waals surface area contributed by atoms with Crippen molar-refractivity contribution in [1.82, 2.24) is 14.7 Å². The largest absolute Gasteiger partial charge is 0.510 e. The molecule has 0 N–H and O–H groups in total. The highest BCUT2D eigenvalue weighted by Crippen LogP contribution is 2.46. The van der Waals surface area contributed by atoms with Gasteiger partial charge in [0.15, 0.2) is 17.3 Å². The van der Waals surface area contributed by atoms with Gasteiger partial charge in [-0.15, -0.1) is 0 Å². The van der Waals surface area contributed by atoms with Crippen molar-refractivity contribution in [3.05, 3.63) is 93.2 Å². The number of hydrogen-bond acceptors (Lipinski definition) is 7. The second kappa shape index (κ2) is 10.2. The Morgan fingerprint density at radius 3 is 2.63 bits per heavy atom. The maximum atomic E-state index is 14.4. The average Bonchev–Trinajstić information content (AvgIpc) is 3.39. The van der Waals surface area contributed by atoms with Crippen LogP contribution in [0.2, 0.25) is 0 Å². The van der Waals surface area contributed by atoms with E-state index in [2.05, 4.69) is 9.84 Å². The van der Waals surface area contributed by atoms with Crippen molar-refractivity contribution in [3.63, 3.8) is 0 Å². The Kier molecular flexibility index (Phi) is 6.79. The average molecular weight is 529 g/mol. The van der Waals surface area contributed by atoms with Gasteiger partial charge in [0.05, 0.1) is 25.4 Å². The number of halogens is 3. The first-order valence-corrected chi connectivity index (χ1v) is 11.8. The molecule has 0 unspecified atom stereocenters. The summed E-state index contributed by atoms with van der Waals surface area (Å²) in [5, 5.41) is 4.25. The van der Waals surface area contributed by atoms with Crippen LogP contribution in [0.5, 0.6) is 5.75 Å². The highest BCUT2D eigenvalue weighted by Gasteiger charge is 2.48. The first-order chi connectivity index (χ1) is 18.3. The van der Waals surface area contributed by atoms with Crippen molar-refractivity contribution >= 4 is 12.1 Å². The zero-order valence-electron chi connectivity index (χ0n) is 20.1. The molecule has 1 saturated heterocycles. The lowest BCUT2D eigenvalue weighted by Gasteiger charge is -2.42. The number of carbonyl (C=O) groups excluding carboxylic acids is 2. The van der Waals surface area contributed by atoms with Gasteiger partial charge < -0.3 is 19.1 Å². The topological polar surface area (TPSA) is 100.0 Å². The number of hydrogen-bond donors (Lipinski definition) is 0. The Labute approximate surface area is 214 Å². The van der Waals surface area contributed by atoms with E-state index in [0.29, 0.717) is 30.5 Å². The molecule has 0 radical (unpaired) electrons. The van der Waals surface area contributed by atoms with E-state index >= 15 is 0 Å². The van der Waals surface area contributed by atoms with E-state index in [1.54, 1.807) is 11.0 Å². The van der Waals surface area contributed by atoms with E-state index in [-0.39, 0.29) is 5.69 Å². The van der Waals surface area contributed by atoms with E-state index in [9.17, 15) is 27.6 Å². The molecule has 0 bridgehead atoms. The van der Waals surface area contributed by atoms with Crippen LogP contribution in [0.25, 0.3) is 0 Å². The Balaban J connectivity index is 1.70. The molecule has 0 aliphatic carbocycles. The Morgan fingerprint density at radius 2 is 1.89 bits per heavy atom. The zero-order chi connectivity index (χ0) is 27.0. The van der Waals surface area contributed by atoms with E-state index in [1.165, 1.54) is 28.9 Å². The maximum Gasteiger partial charge on any atom is 0.510 e. The standard InChI is InChI=1S/C26H22F3N3O6/c1-36-26(35)38-13-37-24-20(33)12-30-32-22(19-6-3-9-31(19)25(34)23(24)32)21(14-4-2-5-16(27)10-14)15-7-8-17(28)18(29)11-15/h2,4-5,7-8,10-12,19,21-22H,3,6,9,13H2,1H3/t19-,21-,22-/m1/s1. The van der Waals surface area contributed by atoms with Gasteiger partial charge in [-0.25, -0.2) is 18.0 Å². The Bertz CT molecular complexity index is 1460. The molecule has 3 aromatic rings. The summed E-state index contributed by atoms with van der Waals surface area (Å²) in [5.41, 5.74) is -0.170. The predicted molar refractivity (Wildman–Crippen MR) is 125 cm³/mol. The van der Waals surface area contributed by atoms with Crippen LogP contribution in [-0.4, -0.2) is 53.2 Å². The molecule has 1 aromatic heterocycles. The van der Waals surface area contributed by atoms with Gasteiger partial charge in [0.2, 0.25) is 18.0 Å². The highest BCUT2D eigenvalue weighted by atomic mass is 19.2. The SMILES string of the molecule is COC(=O)OCOc1c2n(ncc1=O)[C@@H]([C@H](c1cccc(F)c1)c1ccc(F)c(F)c1)[C@H]1CCCN1C2=O. The third kappa shape index (κ3) is 4.46. The summed E-state index contributed by atoms with van der Waals surface area (Å²) in [6.45, 7) is -0.342. The van der Waals surface area contributed by atoms with Crippen LogP contribution < -0.4 is 10.2 Å². The van der Waals surface area contributed by atoms with Crippen molar-refractivity contribution in [2.45, 2.75) is 30.8 Å². The van der Waals surface area contributed by atoms with Crippen molar-refractivity contribution in [2.75, 3.05) is 20.4 Å². The summed E-state index contributed by atoms with van der Waals surface area (Å²) < 4.78 is 58.5. The Morgan fingerprint density at radius 1 is 1.11 bits per heavy atom. The first-order valence-electron chi connectivity index (χ1n) is 11.8. The van der Waals surface area contributed by atoms with Crippen LogP contribution in [0.4, 0.5) is 18.0 Å². The second-order valence-corrected chi connectivity index (χ2v) is 8.90. The molecule has 3 heterocycles. The molecular formula is C26H22F3N3O6. The van der Waals surface area contributed by atoms with Crippen LogP contribution in [-0.2, 0) is 9.47 Å². The van der Waals surface area contributed by atoms with E-state index in [4.69, 9.17) is 9.47 Å². The molecule has 5 rings (SSSR count). The minimum atomic E-state index is -1.09. The molecule has 38 heavy (non-hydrogen) atoms. The fraction of sp³-hybridized carbons (Fsp3) is 0.308. The predicted octanol–water partition coefficient (Wildman–Crippen LogP) is 3.77. The molecule has 3 atom stereocenters. The number of ether oxygens (including phenoxy) is 3. The summed E-state index contributed by atoms with van der Waals surface area (Å²) in [5.74, 6) is -4.39. The third-order valence-corrected chi connectivity index (χ3v) is 6.81. The van der Waals surface area contributed by atoms with Crippen molar-refractivity contribution in [1.29, 1.82) is 0 Å². The molecule has 12 heteroatoms. The second-order valence-electron chi connectivity index (χ2n) is 8.90. The fourth-order valence-corrected chi connectivity index (χ4v) is 5.26. The number of amides is 1. The molecule has 0 spiro atoms. The molecule has 198 valence electrons. The van der Waals surface area contributed by atoms with Crippen LogP contribution >= 0.6 is 0 Å². The molecule has 2 aliphatic heterocycles. The van der Waals surface area contributed by atoms with Gasteiger partial charge in [0.1, 0.15) is 5.82 Å². The number of methoxy groups -OCH3 is 1.